The van der Waals surface area contributed by atoms with Gasteiger partial charge in [0, 0.05) is 24.7 Å². The van der Waals surface area contributed by atoms with Gasteiger partial charge in [-0.3, -0.25) is 15.0 Å². The number of likely N-dealkylation sites (tertiary alicyclic amines) is 1. The SMILES string of the molecule is CNCC(NC(=O)c1nc(C2CC2)ccc1Nc1cncnc1)C(=N)C(=O)N1CCCC1CO. The number of aromatic nitrogens is 3. The van der Waals surface area contributed by atoms with E-state index in [9.17, 15) is 14.7 Å². The lowest BCUT2D eigenvalue weighted by Crippen LogP contribution is -2.53. The van der Waals surface area contributed by atoms with Gasteiger partial charge in [-0.2, -0.15) is 0 Å². The van der Waals surface area contributed by atoms with Crippen LogP contribution in [-0.2, 0) is 4.79 Å². The van der Waals surface area contributed by atoms with Crippen LogP contribution in [0.2, 0.25) is 0 Å². The molecule has 2 fully saturated rings. The topological polar surface area (TPSA) is 156 Å². The van der Waals surface area contributed by atoms with Crippen LogP contribution >= 0.6 is 0 Å². The predicted octanol–water partition coefficient (Wildman–Crippen LogP) is 0.813. The predicted molar refractivity (Wildman–Crippen MR) is 126 cm³/mol. The first kappa shape index (κ1) is 23.7. The molecule has 180 valence electrons. The number of likely N-dealkylation sites (N-methyl/N-ethyl adjacent to an activating group) is 1. The average molecular weight is 467 g/mol. The summed E-state index contributed by atoms with van der Waals surface area (Å²) in [5.74, 6) is -0.615. The summed E-state index contributed by atoms with van der Waals surface area (Å²) in [5, 5.41) is 27.0. The van der Waals surface area contributed by atoms with E-state index in [-0.39, 0.29) is 30.6 Å². The van der Waals surface area contributed by atoms with E-state index in [0.29, 0.717) is 30.3 Å². The van der Waals surface area contributed by atoms with E-state index in [4.69, 9.17) is 5.41 Å². The van der Waals surface area contributed by atoms with Crippen LogP contribution in [0, 0.1) is 5.41 Å². The van der Waals surface area contributed by atoms with E-state index in [1.165, 1.54) is 11.2 Å². The fourth-order valence-electron chi connectivity index (χ4n) is 4.13. The molecule has 0 bridgehead atoms. The summed E-state index contributed by atoms with van der Waals surface area (Å²) >= 11 is 0. The van der Waals surface area contributed by atoms with Gasteiger partial charge in [0.15, 0.2) is 5.69 Å². The molecule has 2 unspecified atom stereocenters. The third-order valence-electron chi connectivity index (χ3n) is 6.11. The Morgan fingerprint density at radius 1 is 1.24 bits per heavy atom. The molecule has 0 radical (unpaired) electrons. The average Bonchev–Trinajstić information content (AvgIpc) is 3.60. The van der Waals surface area contributed by atoms with Crippen LogP contribution in [0.3, 0.4) is 0 Å². The Morgan fingerprint density at radius 2 is 2.00 bits per heavy atom. The molecule has 11 nitrogen and oxygen atoms in total. The van der Waals surface area contributed by atoms with Crippen molar-refractivity contribution in [3.05, 3.63) is 42.2 Å². The normalized spacial score (nSPS) is 18.4. The highest BCUT2D eigenvalue weighted by Gasteiger charge is 2.34. The standard InChI is InChI=1S/C23H30N8O3/c1-25-11-19(20(24)23(34)31-8-2-3-16(31)12-32)30-22(33)21-18(28-15-9-26-13-27-10-15)7-6-17(29-21)14-4-5-14/h6-7,9-10,13-14,16,19,24-25,28,32H,2-5,8,11-12H2,1H3,(H,30,33). The highest BCUT2D eigenvalue weighted by molar-refractivity contribution is 6.40. The Labute approximate surface area is 197 Å². The first-order valence-electron chi connectivity index (χ1n) is 11.5. The molecule has 1 saturated heterocycles. The fourth-order valence-corrected chi connectivity index (χ4v) is 4.13. The third-order valence-corrected chi connectivity index (χ3v) is 6.11. The molecule has 2 aromatic heterocycles. The van der Waals surface area contributed by atoms with Crippen LogP contribution in [-0.4, -0.2) is 81.3 Å². The summed E-state index contributed by atoms with van der Waals surface area (Å²) in [6.07, 6.45) is 8.16. The second-order valence-corrected chi connectivity index (χ2v) is 8.63. The summed E-state index contributed by atoms with van der Waals surface area (Å²) in [6, 6.07) is 2.56. The smallest absolute Gasteiger partial charge is 0.272 e. The second kappa shape index (κ2) is 10.7. The van der Waals surface area contributed by atoms with Crippen molar-refractivity contribution in [2.75, 3.05) is 32.1 Å². The first-order valence-corrected chi connectivity index (χ1v) is 11.5. The molecular weight excluding hydrogens is 436 g/mol. The molecule has 2 atom stereocenters. The largest absolute Gasteiger partial charge is 0.394 e. The minimum absolute atomic E-state index is 0.141. The zero-order chi connectivity index (χ0) is 24.1. The van der Waals surface area contributed by atoms with Gasteiger partial charge in [0.25, 0.3) is 11.8 Å². The molecule has 0 aromatic carbocycles. The molecular formula is C23H30N8O3. The van der Waals surface area contributed by atoms with Crippen molar-refractivity contribution in [1.29, 1.82) is 5.41 Å². The Bertz CT molecular complexity index is 1040. The number of aliphatic hydroxyl groups excluding tert-OH is 1. The lowest BCUT2D eigenvalue weighted by molar-refractivity contribution is -0.125. The lowest BCUT2D eigenvalue weighted by atomic mass is 10.1. The second-order valence-electron chi connectivity index (χ2n) is 8.63. The Balaban J connectivity index is 1.55. The van der Waals surface area contributed by atoms with E-state index in [1.807, 2.05) is 12.1 Å². The van der Waals surface area contributed by atoms with Crippen LogP contribution in [0.1, 0.15) is 47.8 Å². The van der Waals surface area contributed by atoms with Crippen molar-refractivity contribution in [2.45, 2.75) is 43.7 Å². The highest BCUT2D eigenvalue weighted by Crippen LogP contribution is 2.39. The molecule has 1 aliphatic carbocycles. The maximum absolute atomic E-state index is 13.4. The van der Waals surface area contributed by atoms with Gasteiger partial charge >= 0.3 is 0 Å². The number of hydrogen-bond donors (Lipinski definition) is 5. The van der Waals surface area contributed by atoms with Crippen molar-refractivity contribution >= 4 is 28.9 Å². The number of hydrogen-bond acceptors (Lipinski definition) is 9. The summed E-state index contributed by atoms with van der Waals surface area (Å²) in [6.45, 7) is 0.550. The maximum atomic E-state index is 13.4. The van der Waals surface area contributed by atoms with Crippen LogP contribution in [0.4, 0.5) is 11.4 Å². The molecule has 4 rings (SSSR count). The van der Waals surface area contributed by atoms with Crippen molar-refractivity contribution in [1.82, 2.24) is 30.5 Å². The number of pyridine rings is 1. The molecule has 11 heteroatoms. The van der Waals surface area contributed by atoms with Crippen LogP contribution < -0.4 is 16.0 Å². The van der Waals surface area contributed by atoms with Crippen molar-refractivity contribution < 1.29 is 14.7 Å². The van der Waals surface area contributed by atoms with Gasteiger partial charge in [-0.15, -0.1) is 0 Å². The molecule has 1 saturated carbocycles. The van der Waals surface area contributed by atoms with Crippen molar-refractivity contribution in [2.24, 2.45) is 0 Å². The number of nitrogens with one attached hydrogen (secondary N) is 4. The number of rotatable bonds is 10. The number of carbonyl (C=O) groups is 2. The molecule has 2 amide bonds. The summed E-state index contributed by atoms with van der Waals surface area (Å²) in [4.78, 5) is 40.5. The van der Waals surface area contributed by atoms with Gasteiger partial charge in [0.1, 0.15) is 12.0 Å². The van der Waals surface area contributed by atoms with E-state index in [1.54, 1.807) is 19.4 Å². The van der Waals surface area contributed by atoms with Gasteiger partial charge in [0.05, 0.1) is 42.5 Å². The molecule has 0 spiro atoms. The lowest BCUT2D eigenvalue weighted by Gasteiger charge is -2.27. The summed E-state index contributed by atoms with van der Waals surface area (Å²) in [7, 11) is 1.69. The Morgan fingerprint density at radius 3 is 2.68 bits per heavy atom. The Kier molecular flexibility index (Phi) is 7.43. The van der Waals surface area contributed by atoms with Gasteiger partial charge in [-0.05, 0) is 44.9 Å². The molecule has 2 aliphatic rings. The minimum Gasteiger partial charge on any atom is -0.394 e. The monoisotopic (exact) mass is 466 g/mol. The number of aliphatic hydroxyl groups is 1. The highest BCUT2D eigenvalue weighted by atomic mass is 16.3. The first-order chi connectivity index (χ1) is 16.5. The molecule has 1 aliphatic heterocycles. The molecule has 2 aromatic rings. The van der Waals surface area contributed by atoms with E-state index in [0.717, 1.165) is 25.0 Å². The van der Waals surface area contributed by atoms with Crippen LogP contribution in [0.5, 0.6) is 0 Å². The van der Waals surface area contributed by atoms with Crippen molar-refractivity contribution in [3.8, 4) is 0 Å². The number of nitrogens with zero attached hydrogens (tertiary/aromatic N) is 4. The van der Waals surface area contributed by atoms with Crippen LogP contribution in [0.15, 0.2) is 30.9 Å². The summed E-state index contributed by atoms with van der Waals surface area (Å²) in [5.41, 5.74) is 1.89. The minimum atomic E-state index is -0.857. The zero-order valence-corrected chi connectivity index (χ0v) is 19.1. The van der Waals surface area contributed by atoms with Gasteiger partial charge < -0.3 is 26.0 Å². The maximum Gasteiger partial charge on any atom is 0.272 e. The van der Waals surface area contributed by atoms with Gasteiger partial charge in [-0.25, -0.2) is 15.0 Å². The zero-order valence-electron chi connectivity index (χ0n) is 19.1. The molecule has 34 heavy (non-hydrogen) atoms. The summed E-state index contributed by atoms with van der Waals surface area (Å²) < 4.78 is 0. The number of carbonyl (C=O) groups excluding carboxylic acids is 2. The van der Waals surface area contributed by atoms with Gasteiger partial charge in [-0.1, -0.05) is 0 Å². The van der Waals surface area contributed by atoms with E-state index < -0.39 is 17.9 Å². The Hall–Kier alpha value is -3.44. The van der Waals surface area contributed by atoms with Gasteiger partial charge in [0.2, 0.25) is 0 Å². The number of anilines is 2. The van der Waals surface area contributed by atoms with E-state index in [2.05, 4.69) is 30.9 Å². The third kappa shape index (κ3) is 5.37. The molecule has 5 N–H and O–H groups in total. The number of amides is 2. The van der Waals surface area contributed by atoms with Crippen molar-refractivity contribution in [3.63, 3.8) is 0 Å². The van der Waals surface area contributed by atoms with E-state index >= 15 is 0 Å². The molecule has 3 heterocycles. The van der Waals surface area contributed by atoms with Crippen LogP contribution in [0.25, 0.3) is 0 Å². The quantitative estimate of drug-likeness (QED) is 0.322. The fraction of sp³-hybridized carbons (Fsp3) is 0.478.